The third-order valence-electron chi connectivity index (χ3n) is 7.23. The summed E-state index contributed by atoms with van der Waals surface area (Å²) in [6, 6.07) is 17.7. The quantitative estimate of drug-likeness (QED) is 0.219. The van der Waals surface area contributed by atoms with Crippen molar-refractivity contribution in [2.75, 3.05) is 11.9 Å². The maximum Gasteiger partial charge on any atom is 0.417 e. The van der Waals surface area contributed by atoms with Gasteiger partial charge in [-0.15, -0.1) is 0 Å². The van der Waals surface area contributed by atoms with Crippen LogP contribution in [0.25, 0.3) is 0 Å². The molecule has 1 aliphatic rings. The van der Waals surface area contributed by atoms with Gasteiger partial charge in [-0.1, -0.05) is 60.1 Å². The van der Waals surface area contributed by atoms with Crippen molar-refractivity contribution in [2.24, 2.45) is 5.10 Å². The molecule has 0 bridgehead atoms. The van der Waals surface area contributed by atoms with Gasteiger partial charge in [-0.3, -0.25) is 0 Å². The van der Waals surface area contributed by atoms with Gasteiger partial charge < -0.3 is 5.32 Å². The molecule has 1 aliphatic heterocycles. The van der Waals surface area contributed by atoms with Crippen LogP contribution in [0.4, 0.5) is 50.0 Å². The lowest BCUT2D eigenvalue weighted by Crippen LogP contribution is -2.42. The second-order valence-electron chi connectivity index (χ2n) is 10.1. The van der Waals surface area contributed by atoms with Gasteiger partial charge in [-0.25, -0.2) is 9.80 Å². The van der Waals surface area contributed by atoms with E-state index in [1.807, 2.05) is 0 Å². The number of hydrazone groups is 1. The molecule has 2 amide bonds. The van der Waals surface area contributed by atoms with Gasteiger partial charge in [-0.2, -0.15) is 44.6 Å². The van der Waals surface area contributed by atoms with Gasteiger partial charge >= 0.3 is 24.6 Å². The van der Waals surface area contributed by atoms with Gasteiger partial charge in [0, 0.05) is 11.3 Å². The highest BCUT2D eigenvalue weighted by Gasteiger charge is 2.49. The number of hydrogen-bond donors (Lipinski definition) is 1. The number of halogens is 10. The molecule has 45 heavy (non-hydrogen) atoms. The van der Waals surface area contributed by atoms with Crippen LogP contribution in [0.3, 0.4) is 0 Å². The second kappa shape index (κ2) is 11.4. The minimum Gasteiger partial charge on any atom is -0.306 e. The fourth-order valence-electron chi connectivity index (χ4n) is 5.07. The fourth-order valence-corrected chi connectivity index (χ4v) is 5.36. The molecule has 14 heteroatoms. The molecule has 4 nitrogen and oxygen atoms in total. The van der Waals surface area contributed by atoms with Gasteiger partial charge in [0.25, 0.3) is 0 Å². The molecule has 1 N–H and O–H groups in total. The van der Waals surface area contributed by atoms with Crippen LogP contribution in [0.5, 0.6) is 0 Å². The molecule has 0 aliphatic carbocycles. The van der Waals surface area contributed by atoms with Crippen molar-refractivity contribution in [3.8, 4) is 0 Å². The average molecular weight is 656 g/mol. The molecular formula is C31H19ClF9N3O. The van der Waals surface area contributed by atoms with Crippen LogP contribution in [0.2, 0.25) is 5.02 Å². The van der Waals surface area contributed by atoms with Crippen molar-refractivity contribution in [1.29, 1.82) is 0 Å². The minimum atomic E-state index is -4.79. The predicted octanol–water partition coefficient (Wildman–Crippen LogP) is 9.63. The summed E-state index contributed by atoms with van der Waals surface area (Å²) in [5.74, 6) is 0. The predicted molar refractivity (Wildman–Crippen MR) is 149 cm³/mol. The molecule has 0 saturated heterocycles. The Morgan fingerprint density at radius 2 is 1.24 bits per heavy atom. The SMILES string of the molecule is O=C(Nc1ccc(C(F)(F)F)cc1)N1CC(c2ccccc2)(c2ccc(C(F)(F)F)cc2)C(c2ccc(C(F)(F)F)c(Cl)c2)=N1. The zero-order chi connectivity index (χ0) is 32.8. The van der Waals surface area contributed by atoms with Gasteiger partial charge in [0.15, 0.2) is 0 Å². The Kier molecular flexibility index (Phi) is 8.11. The van der Waals surface area contributed by atoms with Gasteiger partial charge in [0.1, 0.15) is 0 Å². The molecule has 1 atom stereocenters. The summed E-state index contributed by atoms with van der Waals surface area (Å²) < 4.78 is 120. The molecule has 0 saturated carbocycles. The molecule has 234 valence electrons. The van der Waals surface area contributed by atoms with E-state index in [0.29, 0.717) is 5.56 Å². The van der Waals surface area contributed by atoms with Crippen LogP contribution in [0, 0.1) is 0 Å². The summed E-state index contributed by atoms with van der Waals surface area (Å²) in [6.07, 6.45) is -14.1. The maximum atomic E-state index is 13.5. The van der Waals surface area contributed by atoms with E-state index in [0.717, 1.165) is 59.6 Å². The summed E-state index contributed by atoms with van der Waals surface area (Å²) in [4.78, 5) is 13.4. The molecule has 0 radical (unpaired) electrons. The van der Waals surface area contributed by atoms with Crippen LogP contribution < -0.4 is 5.32 Å². The van der Waals surface area contributed by atoms with E-state index in [-0.39, 0.29) is 29.1 Å². The highest BCUT2D eigenvalue weighted by molar-refractivity contribution is 6.32. The Balaban J connectivity index is 1.65. The molecule has 1 heterocycles. The van der Waals surface area contributed by atoms with E-state index in [1.165, 1.54) is 12.1 Å². The van der Waals surface area contributed by atoms with E-state index in [9.17, 15) is 44.3 Å². The smallest absolute Gasteiger partial charge is 0.306 e. The Morgan fingerprint density at radius 1 is 0.711 bits per heavy atom. The first-order valence-electron chi connectivity index (χ1n) is 13.0. The zero-order valence-electron chi connectivity index (χ0n) is 22.5. The lowest BCUT2D eigenvalue weighted by atomic mass is 9.69. The van der Waals surface area contributed by atoms with Crippen LogP contribution in [0.15, 0.2) is 102 Å². The Hall–Kier alpha value is -4.52. The Labute approximate surface area is 254 Å². The van der Waals surface area contributed by atoms with Crippen molar-refractivity contribution in [1.82, 2.24) is 5.01 Å². The number of carbonyl (C=O) groups excluding carboxylic acids is 1. The van der Waals surface area contributed by atoms with E-state index < -0.39 is 51.7 Å². The minimum absolute atomic E-state index is 0.00773. The van der Waals surface area contributed by atoms with Crippen LogP contribution in [-0.4, -0.2) is 23.3 Å². The number of carbonyl (C=O) groups is 1. The third kappa shape index (κ3) is 6.35. The lowest BCUT2D eigenvalue weighted by molar-refractivity contribution is -0.138. The Bertz CT molecular complexity index is 1730. The topological polar surface area (TPSA) is 44.7 Å². The number of rotatable bonds is 4. The highest BCUT2D eigenvalue weighted by atomic mass is 35.5. The molecule has 1 unspecified atom stereocenters. The fraction of sp³-hybridized carbons (Fsp3) is 0.161. The van der Waals surface area contributed by atoms with Crippen molar-refractivity contribution in [3.05, 3.63) is 135 Å². The van der Waals surface area contributed by atoms with E-state index in [1.54, 1.807) is 30.3 Å². The third-order valence-corrected chi connectivity index (χ3v) is 7.54. The normalized spacial score (nSPS) is 17.3. The number of nitrogens with one attached hydrogen (secondary N) is 1. The van der Waals surface area contributed by atoms with Gasteiger partial charge in [0.2, 0.25) is 0 Å². The first-order chi connectivity index (χ1) is 21.0. The summed E-state index contributed by atoms with van der Waals surface area (Å²) >= 11 is 6.03. The summed E-state index contributed by atoms with van der Waals surface area (Å²) in [5, 5.41) is 7.08. The van der Waals surface area contributed by atoms with Crippen molar-refractivity contribution >= 4 is 29.0 Å². The number of benzene rings is 4. The summed E-state index contributed by atoms with van der Waals surface area (Å²) in [7, 11) is 0. The van der Waals surface area contributed by atoms with Crippen LogP contribution in [-0.2, 0) is 23.9 Å². The standard InChI is InChI=1S/C31H19ClF9N3O/c32-25-16-18(6-15-24(25)31(39,40)41)26-28(19-4-2-1-3-5-19,20-7-9-21(10-8-20)29(33,34)35)17-44(43-26)27(45)42-23-13-11-22(12-14-23)30(36,37)38/h1-16H,17H2,(H,42,45). The van der Waals surface area contributed by atoms with E-state index >= 15 is 0 Å². The Morgan fingerprint density at radius 3 is 1.76 bits per heavy atom. The number of anilines is 1. The van der Waals surface area contributed by atoms with E-state index in [4.69, 9.17) is 11.6 Å². The molecule has 0 spiro atoms. The monoisotopic (exact) mass is 655 g/mol. The zero-order valence-corrected chi connectivity index (χ0v) is 23.3. The van der Waals surface area contributed by atoms with Gasteiger partial charge in [-0.05, 0) is 59.7 Å². The number of urea groups is 1. The van der Waals surface area contributed by atoms with Crippen LogP contribution in [0.1, 0.15) is 33.4 Å². The van der Waals surface area contributed by atoms with E-state index in [2.05, 4.69) is 10.4 Å². The molecule has 5 rings (SSSR count). The summed E-state index contributed by atoms with van der Waals surface area (Å²) in [5.41, 5.74) is -3.89. The molecule has 4 aromatic carbocycles. The number of alkyl halides is 9. The number of amides is 2. The average Bonchev–Trinajstić information content (AvgIpc) is 3.38. The van der Waals surface area contributed by atoms with Crippen molar-refractivity contribution in [2.45, 2.75) is 23.9 Å². The highest BCUT2D eigenvalue weighted by Crippen LogP contribution is 2.44. The largest absolute Gasteiger partial charge is 0.417 e. The van der Waals surface area contributed by atoms with Crippen molar-refractivity contribution < 1.29 is 44.3 Å². The van der Waals surface area contributed by atoms with Gasteiger partial charge in [0.05, 0.1) is 39.4 Å². The molecule has 4 aromatic rings. The van der Waals surface area contributed by atoms with Crippen LogP contribution >= 0.6 is 11.6 Å². The second-order valence-corrected chi connectivity index (χ2v) is 10.5. The first kappa shape index (κ1) is 31.9. The first-order valence-corrected chi connectivity index (χ1v) is 13.3. The number of nitrogens with zero attached hydrogens (tertiary/aromatic N) is 2. The molecule has 0 aromatic heterocycles. The molecular weight excluding hydrogens is 637 g/mol. The summed E-state index contributed by atoms with van der Waals surface area (Å²) in [6.45, 7) is -0.344. The van der Waals surface area contributed by atoms with Crippen molar-refractivity contribution in [3.63, 3.8) is 0 Å². The number of hydrogen-bond acceptors (Lipinski definition) is 2. The maximum absolute atomic E-state index is 13.5. The molecule has 0 fully saturated rings. The lowest BCUT2D eigenvalue weighted by Gasteiger charge is -2.32.